The Morgan fingerprint density at radius 3 is 2.35 bits per heavy atom. The van der Waals surface area contributed by atoms with E-state index in [0.29, 0.717) is 35.1 Å². The van der Waals surface area contributed by atoms with Crippen LogP contribution in [0.25, 0.3) is 0 Å². The second-order valence-corrected chi connectivity index (χ2v) is 6.39. The van der Waals surface area contributed by atoms with Gasteiger partial charge in [0.05, 0.1) is 5.69 Å². The van der Waals surface area contributed by atoms with E-state index in [-0.39, 0.29) is 11.3 Å². The summed E-state index contributed by atoms with van der Waals surface area (Å²) in [7, 11) is 0. The van der Waals surface area contributed by atoms with Gasteiger partial charge in [-0.3, -0.25) is 4.90 Å². The van der Waals surface area contributed by atoms with Crippen LogP contribution in [-0.4, -0.2) is 37.3 Å². The van der Waals surface area contributed by atoms with Crippen molar-refractivity contribution in [2.24, 2.45) is 0 Å². The van der Waals surface area contributed by atoms with Crippen molar-refractivity contribution < 1.29 is 13.2 Å². The summed E-state index contributed by atoms with van der Waals surface area (Å²) < 4.78 is 41.5. The van der Waals surface area contributed by atoms with E-state index in [1.165, 1.54) is 11.0 Å². The van der Waals surface area contributed by atoms with Gasteiger partial charge in [0.15, 0.2) is 0 Å². The first kappa shape index (κ1) is 16.1. The zero-order valence-electron chi connectivity index (χ0n) is 10.5. The molecule has 8 heteroatoms. The molecule has 1 heterocycles. The van der Waals surface area contributed by atoms with Crippen LogP contribution < -0.4 is 11.1 Å². The first-order valence-electron chi connectivity index (χ1n) is 6.06. The van der Waals surface area contributed by atoms with Crippen LogP contribution in [0.4, 0.5) is 18.9 Å². The molecule has 0 saturated carbocycles. The van der Waals surface area contributed by atoms with Gasteiger partial charge in [0.25, 0.3) is 0 Å². The summed E-state index contributed by atoms with van der Waals surface area (Å²) in [5.74, 6) is 0. The van der Waals surface area contributed by atoms with Gasteiger partial charge >= 0.3 is 6.18 Å². The number of benzene rings is 1. The lowest BCUT2D eigenvalue weighted by Gasteiger charge is -2.36. The lowest BCUT2D eigenvalue weighted by molar-refractivity contribution is -0.187. The largest absolute Gasteiger partial charge is 0.408 e. The van der Waals surface area contributed by atoms with E-state index in [1.54, 1.807) is 6.07 Å². The van der Waals surface area contributed by atoms with Gasteiger partial charge < -0.3 is 11.1 Å². The summed E-state index contributed by atoms with van der Waals surface area (Å²) in [6.07, 6.45) is -4.37. The van der Waals surface area contributed by atoms with E-state index in [2.05, 4.69) is 37.2 Å². The fraction of sp³-hybridized carbons (Fsp3) is 0.500. The van der Waals surface area contributed by atoms with Crippen LogP contribution in [0.1, 0.15) is 11.6 Å². The van der Waals surface area contributed by atoms with Gasteiger partial charge in [0.1, 0.15) is 6.04 Å². The minimum absolute atomic E-state index is 0.0839. The van der Waals surface area contributed by atoms with E-state index in [1.807, 2.05) is 0 Å². The molecule has 3 nitrogen and oxygen atoms in total. The highest BCUT2D eigenvalue weighted by Crippen LogP contribution is 2.43. The van der Waals surface area contributed by atoms with Gasteiger partial charge in [-0.15, -0.1) is 0 Å². The molecule has 1 aliphatic rings. The summed E-state index contributed by atoms with van der Waals surface area (Å²) in [4.78, 5) is 1.42. The molecular weight excluding hydrogens is 403 g/mol. The number of nitrogens with one attached hydrogen (secondary N) is 1. The Morgan fingerprint density at radius 2 is 1.80 bits per heavy atom. The molecule has 0 radical (unpaired) electrons. The maximum atomic E-state index is 13.5. The Bertz CT molecular complexity index is 488. The number of nitrogens with zero attached hydrogens (tertiary/aromatic N) is 1. The van der Waals surface area contributed by atoms with Crippen molar-refractivity contribution in [3.8, 4) is 0 Å². The van der Waals surface area contributed by atoms with Gasteiger partial charge in [0, 0.05) is 40.7 Å². The third kappa shape index (κ3) is 3.47. The Balaban J connectivity index is 2.46. The van der Waals surface area contributed by atoms with Crippen LogP contribution in [0.5, 0.6) is 0 Å². The molecule has 0 aromatic heterocycles. The minimum atomic E-state index is -4.37. The van der Waals surface area contributed by atoms with Crippen LogP contribution in [0.3, 0.4) is 0 Å². The van der Waals surface area contributed by atoms with Crippen LogP contribution >= 0.6 is 31.9 Å². The average Bonchev–Trinajstić information content (AvgIpc) is 2.35. The van der Waals surface area contributed by atoms with Gasteiger partial charge in [-0.25, -0.2) is 0 Å². The SMILES string of the molecule is Nc1c(Br)cc(Br)cc1[C@H](N1CCNCC1)C(F)(F)F. The number of hydrogen-bond acceptors (Lipinski definition) is 3. The predicted octanol–water partition coefficient (Wildman–Crippen LogP) is 3.30. The fourth-order valence-corrected chi connectivity index (χ4v) is 3.61. The topological polar surface area (TPSA) is 41.3 Å². The Kier molecular flexibility index (Phi) is 4.99. The molecule has 0 amide bonds. The highest BCUT2D eigenvalue weighted by Gasteiger charge is 2.46. The zero-order valence-corrected chi connectivity index (χ0v) is 13.6. The van der Waals surface area contributed by atoms with E-state index < -0.39 is 12.2 Å². The normalized spacial score (nSPS) is 19.1. The summed E-state index contributed by atoms with van der Waals surface area (Å²) in [6.45, 7) is 1.77. The van der Waals surface area contributed by atoms with Crippen molar-refractivity contribution in [2.45, 2.75) is 12.2 Å². The van der Waals surface area contributed by atoms with Crippen molar-refractivity contribution in [3.05, 3.63) is 26.6 Å². The average molecular weight is 417 g/mol. The smallest absolute Gasteiger partial charge is 0.398 e. The van der Waals surface area contributed by atoms with E-state index in [9.17, 15) is 13.2 Å². The van der Waals surface area contributed by atoms with E-state index >= 15 is 0 Å². The molecule has 1 aliphatic heterocycles. The molecule has 20 heavy (non-hydrogen) atoms. The van der Waals surface area contributed by atoms with E-state index in [0.717, 1.165) is 0 Å². The number of alkyl halides is 3. The second-order valence-electron chi connectivity index (χ2n) is 4.62. The molecule has 1 atom stereocenters. The number of nitrogen functional groups attached to an aromatic ring is 1. The molecule has 112 valence electrons. The third-order valence-corrected chi connectivity index (χ3v) is 4.36. The Morgan fingerprint density at radius 1 is 1.20 bits per heavy atom. The molecule has 1 fully saturated rings. The molecule has 0 bridgehead atoms. The zero-order chi connectivity index (χ0) is 14.9. The predicted molar refractivity (Wildman–Crippen MR) is 79.5 cm³/mol. The van der Waals surface area contributed by atoms with Crippen molar-refractivity contribution in [2.75, 3.05) is 31.9 Å². The van der Waals surface area contributed by atoms with Crippen LogP contribution in [-0.2, 0) is 0 Å². The Labute approximate surface area is 131 Å². The number of rotatable bonds is 2. The van der Waals surface area contributed by atoms with Crippen LogP contribution in [0.2, 0.25) is 0 Å². The lowest BCUT2D eigenvalue weighted by Crippen LogP contribution is -2.49. The van der Waals surface area contributed by atoms with Gasteiger partial charge in [-0.2, -0.15) is 13.2 Å². The maximum absolute atomic E-state index is 13.5. The van der Waals surface area contributed by atoms with Crippen molar-refractivity contribution in [1.29, 1.82) is 0 Å². The van der Waals surface area contributed by atoms with Gasteiger partial charge in [-0.05, 0) is 28.1 Å². The maximum Gasteiger partial charge on any atom is 0.408 e. The summed E-state index contributed by atoms with van der Waals surface area (Å²) in [6, 6.07) is 1.41. The number of halogens is 5. The molecule has 0 aliphatic carbocycles. The number of nitrogens with two attached hydrogens (primary N) is 1. The minimum Gasteiger partial charge on any atom is -0.398 e. The number of hydrogen-bond donors (Lipinski definition) is 2. The molecule has 1 aromatic rings. The summed E-state index contributed by atoms with van der Waals surface area (Å²) in [5.41, 5.74) is 6.06. The Hall–Kier alpha value is -0.310. The monoisotopic (exact) mass is 415 g/mol. The molecular formula is C12H14Br2F3N3. The quantitative estimate of drug-likeness (QED) is 0.727. The lowest BCUT2D eigenvalue weighted by atomic mass is 10.0. The molecule has 0 spiro atoms. The second kappa shape index (κ2) is 6.21. The first-order chi connectivity index (χ1) is 9.30. The molecule has 0 unspecified atom stereocenters. The van der Waals surface area contributed by atoms with Gasteiger partial charge in [-0.1, -0.05) is 15.9 Å². The third-order valence-electron chi connectivity index (χ3n) is 3.25. The molecule has 1 aromatic carbocycles. The van der Waals surface area contributed by atoms with Gasteiger partial charge in [0.2, 0.25) is 0 Å². The first-order valence-corrected chi connectivity index (χ1v) is 7.65. The van der Waals surface area contributed by atoms with E-state index in [4.69, 9.17) is 5.73 Å². The van der Waals surface area contributed by atoms with Crippen LogP contribution in [0, 0.1) is 0 Å². The molecule has 2 rings (SSSR count). The summed E-state index contributed by atoms with van der Waals surface area (Å²) in [5, 5.41) is 3.05. The highest BCUT2D eigenvalue weighted by atomic mass is 79.9. The van der Waals surface area contributed by atoms with Crippen molar-refractivity contribution >= 4 is 37.5 Å². The standard InChI is InChI=1S/C12H14Br2F3N3/c13-7-5-8(10(18)9(14)6-7)11(12(15,16)17)20-3-1-19-2-4-20/h5-6,11,19H,1-4,18H2/t11-/m0/s1. The summed E-state index contributed by atoms with van der Waals surface area (Å²) >= 11 is 6.43. The molecule has 1 saturated heterocycles. The highest BCUT2D eigenvalue weighted by molar-refractivity contribution is 9.11. The van der Waals surface area contributed by atoms with Crippen molar-refractivity contribution in [1.82, 2.24) is 10.2 Å². The van der Waals surface area contributed by atoms with Crippen molar-refractivity contribution in [3.63, 3.8) is 0 Å². The fourth-order valence-electron chi connectivity index (χ4n) is 2.35. The number of piperazine rings is 1. The molecule has 3 N–H and O–H groups in total. The number of anilines is 1. The van der Waals surface area contributed by atoms with Crippen LogP contribution in [0.15, 0.2) is 21.1 Å².